The number of aromatic amines is 1. The first-order chi connectivity index (χ1) is 13.6. The molecular weight excluding hydrogens is 379 g/mol. The van der Waals surface area contributed by atoms with Crippen molar-refractivity contribution in [3.63, 3.8) is 0 Å². The molecule has 8 heteroatoms. The first-order valence-electron chi connectivity index (χ1n) is 8.59. The van der Waals surface area contributed by atoms with Gasteiger partial charge in [0, 0.05) is 22.8 Å². The third-order valence-corrected chi connectivity index (χ3v) is 5.28. The lowest BCUT2D eigenvalue weighted by Crippen LogP contribution is -2.24. The molecule has 28 heavy (non-hydrogen) atoms. The van der Waals surface area contributed by atoms with Gasteiger partial charge in [0.25, 0.3) is 0 Å². The molecular formula is C20H17FN4O2S. The molecule has 2 aromatic heterocycles. The molecule has 0 spiro atoms. The van der Waals surface area contributed by atoms with Crippen LogP contribution in [0.4, 0.5) is 4.39 Å². The van der Waals surface area contributed by atoms with Crippen LogP contribution >= 0.6 is 11.8 Å². The number of aromatic nitrogens is 3. The van der Waals surface area contributed by atoms with Gasteiger partial charge in [-0.3, -0.25) is 4.79 Å². The van der Waals surface area contributed by atoms with Gasteiger partial charge in [-0.15, -0.1) is 5.10 Å². The number of carbonyl (C=O) groups excluding carboxylic acids is 1. The van der Waals surface area contributed by atoms with Crippen LogP contribution in [-0.2, 0) is 11.3 Å². The van der Waals surface area contributed by atoms with Crippen LogP contribution in [0.2, 0.25) is 0 Å². The van der Waals surface area contributed by atoms with E-state index in [1.54, 1.807) is 19.4 Å². The summed E-state index contributed by atoms with van der Waals surface area (Å²) in [5, 5.41) is 13.1. The molecule has 1 amide bonds. The maximum absolute atomic E-state index is 13.6. The van der Waals surface area contributed by atoms with Crippen LogP contribution in [0.25, 0.3) is 21.8 Å². The van der Waals surface area contributed by atoms with Crippen LogP contribution in [-0.4, -0.2) is 34.0 Å². The summed E-state index contributed by atoms with van der Waals surface area (Å²) in [6.45, 7) is 0.415. The second kappa shape index (κ2) is 7.85. The van der Waals surface area contributed by atoms with Gasteiger partial charge in [-0.2, -0.15) is 5.10 Å². The minimum absolute atomic E-state index is 0.117. The van der Waals surface area contributed by atoms with Gasteiger partial charge >= 0.3 is 0 Å². The van der Waals surface area contributed by atoms with Crippen molar-refractivity contribution in [2.75, 3.05) is 12.9 Å². The van der Waals surface area contributed by atoms with E-state index in [4.69, 9.17) is 4.74 Å². The number of nitrogens with zero attached hydrogens (tertiary/aromatic N) is 2. The van der Waals surface area contributed by atoms with E-state index in [-0.39, 0.29) is 17.5 Å². The monoisotopic (exact) mass is 396 g/mol. The van der Waals surface area contributed by atoms with Gasteiger partial charge in [0.05, 0.1) is 24.6 Å². The maximum atomic E-state index is 13.6. The Balaban J connectivity index is 1.45. The van der Waals surface area contributed by atoms with Crippen LogP contribution in [0.3, 0.4) is 0 Å². The highest BCUT2D eigenvalue weighted by molar-refractivity contribution is 8.00. The topological polar surface area (TPSA) is 79.9 Å². The van der Waals surface area contributed by atoms with Gasteiger partial charge in [-0.1, -0.05) is 23.9 Å². The molecule has 0 bridgehead atoms. The van der Waals surface area contributed by atoms with Gasteiger partial charge in [0.2, 0.25) is 5.91 Å². The standard InChI is InChI=1S/C20H17FN4O2S/c1-27-14-4-2-3-12(7-14)9-22-18(26)11-28-20-19-16(10-23-25-20)15-8-13(21)5-6-17(15)24-19/h2-8,10,24H,9,11H2,1H3,(H,22,26). The lowest BCUT2D eigenvalue weighted by molar-refractivity contribution is -0.118. The molecule has 0 aliphatic carbocycles. The smallest absolute Gasteiger partial charge is 0.230 e. The number of amides is 1. The molecule has 0 fully saturated rings. The zero-order valence-corrected chi connectivity index (χ0v) is 15.8. The Hall–Kier alpha value is -3.13. The quantitative estimate of drug-likeness (QED) is 0.486. The van der Waals surface area contributed by atoms with E-state index in [9.17, 15) is 9.18 Å². The molecule has 6 nitrogen and oxygen atoms in total. The first kappa shape index (κ1) is 18.2. The third-order valence-electron chi connectivity index (χ3n) is 4.31. The Morgan fingerprint density at radius 3 is 3.00 bits per heavy atom. The van der Waals surface area contributed by atoms with Crippen molar-refractivity contribution < 1.29 is 13.9 Å². The summed E-state index contributed by atoms with van der Waals surface area (Å²) in [4.78, 5) is 15.5. The molecule has 0 unspecified atom stereocenters. The zero-order valence-electron chi connectivity index (χ0n) is 15.0. The van der Waals surface area contributed by atoms with Gasteiger partial charge in [0.15, 0.2) is 0 Å². The van der Waals surface area contributed by atoms with Crippen molar-refractivity contribution in [2.24, 2.45) is 0 Å². The van der Waals surface area contributed by atoms with Crippen LogP contribution in [0.1, 0.15) is 5.56 Å². The molecule has 0 aliphatic heterocycles. The number of H-pyrrole nitrogens is 1. The van der Waals surface area contributed by atoms with E-state index in [1.807, 2.05) is 24.3 Å². The Kier molecular flexibility index (Phi) is 5.12. The predicted molar refractivity (Wildman–Crippen MR) is 107 cm³/mol. The van der Waals surface area contributed by atoms with Crippen molar-refractivity contribution in [3.8, 4) is 5.75 Å². The number of carbonyl (C=O) groups is 1. The minimum atomic E-state index is -0.309. The molecule has 0 aliphatic rings. The van der Waals surface area contributed by atoms with E-state index in [0.29, 0.717) is 11.6 Å². The highest BCUT2D eigenvalue weighted by Gasteiger charge is 2.13. The van der Waals surface area contributed by atoms with Crippen LogP contribution in [0.5, 0.6) is 5.75 Å². The molecule has 0 saturated carbocycles. The fourth-order valence-corrected chi connectivity index (χ4v) is 3.73. The Morgan fingerprint density at radius 1 is 1.25 bits per heavy atom. The maximum Gasteiger partial charge on any atom is 0.230 e. The second-order valence-corrected chi connectivity index (χ2v) is 7.13. The Morgan fingerprint density at radius 2 is 2.14 bits per heavy atom. The molecule has 2 N–H and O–H groups in total. The van der Waals surface area contributed by atoms with E-state index in [1.165, 1.54) is 23.9 Å². The molecule has 2 heterocycles. The average Bonchev–Trinajstić information content (AvgIpc) is 3.09. The lowest BCUT2D eigenvalue weighted by atomic mass is 10.2. The van der Waals surface area contributed by atoms with E-state index in [2.05, 4.69) is 20.5 Å². The number of hydrogen-bond acceptors (Lipinski definition) is 5. The van der Waals surface area contributed by atoms with Gasteiger partial charge < -0.3 is 15.0 Å². The molecule has 4 aromatic rings. The highest BCUT2D eigenvalue weighted by Crippen LogP contribution is 2.30. The number of halogens is 1. The van der Waals surface area contributed by atoms with Crippen LogP contribution in [0, 0.1) is 5.82 Å². The lowest BCUT2D eigenvalue weighted by Gasteiger charge is -2.07. The summed E-state index contributed by atoms with van der Waals surface area (Å²) in [5.74, 6) is 0.519. The van der Waals surface area contributed by atoms with E-state index in [0.717, 1.165) is 33.1 Å². The SMILES string of the molecule is COc1cccc(CNC(=O)CSc2nncc3c2[nH]c2ccc(F)cc23)c1. The zero-order chi connectivity index (χ0) is 19.5. The summed E-state index contributed by atoms with van der Waals surface area (Å²) in [6, 6.07) is 12.1. The van der Waals surface area contributed by atoms with Crippen molar-refractivity contribution in [3.05, 3.63) is 60.0 Å². The summed E-state index contributed by atoms with van der Waals surface area (Å²) < 4.78 is 18.7. The van der Waals surface area contributed by atoms with Crippen LogP contribution in [0.15, 0.2) is 53.7 Å². The number of thioether (sulfide) groups is 1. The second-order valence-electron chi connectivity index (χ2n) is 6.17. The van der Waals surface area contributed by atoms with Crippen molar-refractivity contribution in [1.29, 1.82) is 0 Å². The van der Waals surface area contributed by atoms with Crippen LogP contribution < -0.4 is 10.1 Å². The van der Waals surface area contributed by atoms with Gasteiger partial charge in [-0.05, 0) is 35.9 Å². The molecule has 0 saturated heterocycles. The number of benzene rings is 2. The number of fused-ring (bicyclic) bond motifs is 3. The van der Waals surface area contributed by atoms with Gasteiger partial charge in [0.1, 0.15) is 16.6 Å². The fourth-order valence-electron chi connectivity index (χ4n) is 2.95. The number of ether oxygens (including phenoxy) is 1. The number of rotatable bonds is 6. The highest BCUT2D eigenvalue weighted by atomic mass is 32.2. The minimum Gasteiger partial charge on any atom is -0.497 e. The largest absolute Gasteiger partial charge is 0.497 e. The van der Waals surface area contributed by atoms with Crippen molar-refractivity contribution >= 4 is 39.5 Å². The normalized spacial score (nSPS) is 11.1. The van der Waals surface area contributed by atoms with Crippen molar-refractivity contribution in [2.45, 2.75) is 11.6 Å². The van der Waals surface area contributed by atoms with Gasteiger partial charge in [-0.25, -0.2) is 4.39 Å². The third kappa shape index (κ3) is 3.77. The Labute approximate surface area is 164 Å². The predicted octanol–water partition coefficient (Wildman–Crippen LogP) is 3.67. The summed E-state index contributed by atoms with van der Waals surface area (Å²) in [6.07, 6.45) is 1.60. The summed E-state index contributed by atoms with van der Waals surface area (Å²) in [7, 11) is 1.61. The molecule has 0 atom stereocenters. The first-order valence-corrected chi connectivity index (χ1v) is 9.57. The number of methoxy groups -OCH3 is 1. The number of nitrogens with one attached hydrogen (secondary N) is 2. The fraction of sp³-hybridized carbons (Fsp3) is 0.150. The molecule has 0 radical (unpaired) electrons. The summed E-state index contributed by atoms with van der Waals surface area (Å²) in [5.41, 5.74) is 2.51. The molecule has 2 aromatic carbocycles. The molecule has 4 rings (SSSR count). The van der Waals surface area contributed by atoms with Crippen molar-refractivity contribution in [1.82, 2.24) is 20.5 Å². The summed E-state index contributed by atoms with van der Waals surface area (Å²) >= 11 is 1.28. The number of hydrogen-bond donors (Lipinski definition) is 2. The van der Waals surface area contributed by atoms with E-state index >= 15 is 0 Å². The Bertz CT molecular complexity index is 1160. The molecule has 142 valence electrons. The van der Waals surface area contributed by atoms with E-state index < -0.39 is 0 Å². The average molecular weight is 396 g/mol.